The third-order valence-corrected chi connectivity index (χ3v) is 8.47. The number of sulfonamides is 1. The fourth-order valence-electron chi connectivity index (χ4n) is 4.71. The van der Waals surface area contributed by atoms with Crippen LogP contribution in [-0.2, 0) is 10.0 Å². The van der Waals surface area contributed by atoms with Gasteiger partial charge in [0.05, 0.1) is 5.75 Å². The first-order chi connectivity index (χ1) is 14.4. The lowest BCUT2D eigenvalue weighted by Crippen LogP contribution is -2.53. The van der Waals surface area contributed by atoms with Crippen LogP contribution in [0, 0.1) is 0 Å². The fraction of sp³-hybridized carbons (Fsp3) is 0.800. The smallest absolute Gasteiger partial charge is 0.273 e. The van der Waals surface area contributed by atoms with Crippen LogP contribution in [0.1, 0.15) is 60.7 Å². The highest BCUT2D eigenvalue weighted by Gasteiger charge is 2.46. The second-order valence-electron chi connectivity index (χ2n) is 8.97. The van der Waals surface area contributed by atoms with Gasteiger partial charge in [0.2, 0.25) is 10.0 Å². The van der Waals surface area contributed by atoms with Crippen LogP contribution in [0.4, 0.5) is 0 Å². The molecule has 1 aliphatic carbocycles. The van der Waals surface area contributed by atoms with Gasteiger partial charge in [-0.1, -0.05) is 5.16 Å². The molecular formula is C20H33N5O4S. The predicted molar refractivity (Wildman–Crippen MR) is 113 cm³/mol. The van der Waals surface area contributed by atoms with Crippen LogP contribution in [-0.4, -0.2) is 86.3 Å². The van der Waals surface area contributed by atoms with Crippen LogP contribution in [0.25, 0.3) is 0 Å². The first-order valence-electron chi connectivity index (χ1n) is 11.0. The molecule has 3 atom stereocenters. The summed E-state index contributed by atoms with van der Waals surface area (Å²) in [5.41, 5.74) is 0.323. The summed E-state index contributed by atoms with van der Waals surface area (Å²) in [7, 11) is 0.524. The third-order valence-electron chi connectivity index (χ3n) is 6.54. The van der Waals surface area contributed by atoms with Gasteiger partial charge in [-0.15, -0.1) is 0 Å². The summed E-state index contributed by atoms with van der Waals surface area (Å²) >= 11 is 0. The summed E-state index contributed by atoms with van der Waals surface area (Å²) in [6, 6.07) is 1.66. The SMILES string of the molecule is CNCCN(C)CCS(=O)(=O)N1[C@@H]2CC[C@H]1C[C@@H](NC(=O)c1cc(C3CC3)on1)C2. The van der Waals surface area contributed by atoms with E-state index in [2.05, 4.69) is 15.8 Å². The van der Waals surface area contributed by atoms with E-state index in [1.807, 2.05) is 19.0 Å². The first kappa shape index (κ1) is 21.7. The summed E-state index contributed by atoms with van der Waals surface area (Å²) in [6.07, 6.45) is 5.23. The topological polar surface area (TPSA) is 108 Å². The molecule has 3 aliphatic rings. The molecule has 2 N–H and O–H groups in total. The maximum Gasteiger partial charge on any atom is 0.273 e. The van der Waals surface area contributed by atoms with Crippen LogP contribution >= 0.6 is 0 Å². The third kappa shape index (κ3) is 4.87. The lowest BCUT2D eigenvalue weighted by molar-refractivity contribution is 0.0900. The molecule has 1 aromatic rings. The Bertz CT molecular complexity index is 839. The van der Waals surface area contributed by atoms with Gasteiger partial charge in [0.15, 0.2) is 5.69 Å². The van der Waals surface area contributed by atoms with Crippen molar-refractivity contribution in [3.63, 3.8) is 0 Å². The molecule has 1 aromatic heterocycles. The Morgan fingerprint density at radius 2 is 1.93 bits per heavy atom. The zero-order valence-corrected chi connectivity index (χ0v) is 18.7. The molecule has 9 nitrogen and oxygen atoms in total. The molecule has 0 aromatic carbocycles. The molecular weight excluding hydrogens is 406 g/mol. The van der Waals surface area contributed by atoms with Gasteiger partial charge in [-0.3, -0.25) is 4.79 Å². The van der Waals surface area contributed by atoms with Crippen LogP contribution < -0.4 is 10.6 Å². The molecule has 3 heterocycles. The average Bonchev–Trinajstić information content (AvgIpc) is 3.37. The van der Waals surface area contributed by atoms with E-state index in [0.29, 0.717) is 31.0 Å². The van der Waals surface area contributed by atoms with Crippen molar-refractivity contribution in [1.82, 2.24) is 25.0 Å². The molecule has 2 aliphatic heterocycles. The number of piperidine rings is 1. The largest absolute Gasteiger partial charge is 0.360 e. The first-order valence-corrected chi connectivity index (χ1v) is 12.6. The molecule has 1 saturated carbocycles. The van der Waals surface area contributed by atoms with Crippen molar-refractivity contribution in [2.75, 3.05) is 39.5 Å². The number of carbonyl (C=O) groups is 1. The number of nitrogens with zero attached hydrogens (tertiary/aromatic N) is 3. The van der Waals surface area contributed by atoms with E-state index in [4.69, 9.17) is 4.52 Å². The number of carbonyl (C=O) groups excluding carboxylic acids is 1. The van der Waals surface area contributed by atoms with Crippen molar-refractivity contribution in [3.8, 4) is 0 Å². The quantitative estimate of drug-likeness (QED) is 0.554. The Hall–Kier alpha value is -1.49. The molecule has 3 fully saturated rings. The zero-order chi connectivity index (χ0) is 21.3. The molecule has 0 spiro atoms. The van der Waals surface area contributed by atoms with E-state index in [-0.39, 0.29) is 29.8 Å². The summed E-state index contributed by atoms with van der Waals surface area (Å²) in [5, 5.41) is 10.0. The summed E-state index contributed by atoms with van der Waals surface area (Å²) in [6.45, 7) is 2.17. The minimum absolute atomic E-state index is 0.0269. The monoisotopic (exact) mass is 439 g/mol. The highest BCUT2D eigenvalue weighted by atomic mass is 32.2. The normalized spacial score (nSPS) is 27.0. The molecule has 2 saturated heterocycles. The van der Waals surface area contributed by atoms with E-state index in [0.717, 1.165) is 44.5 Å². The van der Waals surface area contributed by atoms with Crippen molar-refractivity contribution in [2.24, 2.45) is 0 Å². The van der Waals surface area contributed by atoms with Crippen molar-refractivity contribution >= 4 is 15.9 Å². The molecule has 4 rings (SSSR count). The van der Waals surface area contributed by atoms with Gasteiger partial charge in [0.1, 0.15) is 5.76 Å². The average molecular weight is 440 g/mol. The molecule has 2 bridgehead atoms. The zero-order valence-electron chi connectivity index (χ0n) is 17.8. The van der Waals surface area contributed by atoms with Gasteiger partial charge in [-0.25, -0.2) is 8.42 Å². The highest BCUT2D eigenvalue weighted by Crippen LogP contribution is 2.40. The molecule has 10 heteroatoms. The van der Waals surface area contributed by atoms with Gasteiger partial charge >= 0.3 is 0 Å². The van der Waals surface area contributed by atoms with Gasteiger partial charge in [0, 0.05) is 49.7 Å². The lowest BCUT2D eigenvalue weighted by atomic mass is 9.99. The van der Waals surface area contributed by atoms with E-state index in [1.54, 1.807) is 10.4 Å². The number of likely N-dealkylation sites (N-methyl/N-ethyl adjacent to an activating group) is 2. The lowest BCUT2D eigenvalue weighted by Gasteiger charge is -2.38. The summed E-state index contributed by atoms with van der Waals surface area (Å²) in [5.74, 6) is 1.12. The van der Waals surface area contributed by atoms with Crippen LogP contribution in [0.2, 0.25) is 0 Å². The minimum Gasteiger partial charge on any atom is -0.360 e. The number of hydrogen-bond acceptors (Lipinski definition) is 7. The van der Waals surface area contributed by atoms with Crippen LogP contribution in [0.5, 0.6) is 0 Å². The Kier molecular flexibility index (Phi) is 6.47. The van der Waals surface area contributed by atoms with E-state index >= 15 is 0 Å². The Morgan fingerprint density at radius 3 is 2.57 bits per heavy atom. The number of rotatable bonds is 10. The molecule has 168 valence electrons. The number of amides is 1. The van der Waals surface area contributed by atoms with Gasteiger partial charge < -0.3 is 20.1 Å². The maximum absolute atomic E-state index is 13.0. The second kappa shape index (κ2) is 8.94. The number of fused-ring (bicyclic) bond motifs is 2. The van der Waals surface area contributed by atoms with E-state index < -0.39 is 10.0 Å². The Balaban J connectivity index is 1.31. The van der Waals surface area contributed by atoms with E-state index in [9.17, 15) is 13.2 Å². The summed E-state index contributed by atoms with van der Waals surface area (Å²) in [4.78, 5) is 14.6. The Morgan fingerprint density at radius 1 is 1.23 bits per heavy atom. The predicted octanol–water partition coefficient (Wildman–Crippen LogP) is 0.758. The van der Waals surface area contributed by atoms with Crippen molar-refractivity contribution in [1.29, 1.82) is 0 Å². The van der Waals surface area contributed by atoms with Gasteiger partial charge in [-0.05, 0) is 52.6 Å². The van der Waals surface area contributed by atoms with Gasteiger partial charge in [0.25, 0.3) is 5.91 Å². The fourth-order valence-corrected chi connectivity index (χ4v) is 6.76. The van der Waals surface area contributed by atoms with Crippen molar-refractivity contribution < 1.29 is 17.7 Å². The van der Waals surface area contributed by atoms with Crippen molar-refractivity contribution in [2.45, 2.75) is 62.6 Å². The van der Waals surface area contributed by atoms with E-state index in [1.165, 1.54) is 0 Å². The minimum atomic E-state index is -3.31. The number of aromatic nitrogens is 1. The molecule has 0 radical (unpaired) electrons. The van der Waals surface area contributed by atoms with Crippen LogP contribution in [0.3, 0.4) is 0 Å². The summed E-state index contributed by atoms with van der Waals surface area (Å²) < 4.78 is 33.1. The number of nitrogens with one attached hydrogen (secondary N) is 2. The standard InChI is InChI=1S/C20H33N5O4S/c1-21-7-8-24(2)9-10-30(27,28)25-16-5-6-17(25)12-15(11-16)22-20(26)18-13-19(29-23-18)14-3-4-14/h13-17,21H,3-12H2,1-2H3,(H,22,26)/t15-,16+,17-. The van der Waals surface area contributed by atoms with Gasteiger partial charge in [-0.2, -0.15) is 4.31 Å². The number of hydrogen-bond donors (Lipinski definition) is 2. The second-order valence-corrected chi connectivity index (χ2v) is 11.0. The molecule has 0 unspecified atom stereocenters. The van der Waals surface area contributed by atoms with Crippen LogP contribution in [0.15, 0.2) is 10.6 Å². The molecule has 1 amide bonds. The Labute approximate surface area is 178 Å². The van der Waals surface area contributed by atoms with Crippen molar-refractivity contribution in [3.05, 3.63) is 17.5 Å². The molecule has 30 heavy (non-hydrogen) atoms. The highest BCUT2D eigenvalue weighted by molar-refractivity contribution is 7.89. The maximum atomic E-state index is 13.0.